The van der Waals surface area contributed by atoms with Crippen LogP contribution in [0.25, 0.3) is 0 Å². The summed E-state index contributed by atoms with van der Waals surface area (Å²) in [5, 5.41) is 0. The van der Waals surface area contributed by atoms with Gasteiger partial charge in [0.2, 0.25) is 11.8 Å². The monoisotopic (exact) mass is 460 g/mol. The smallest absolute Gasteiger partial charge is 0.249 e. The molecule has 0 aliphatic carbocycles. The van der Waals surface area contributed by atoms with Gasteiger partial charge in [-0.2, -0.15) is 0 Å². The van der Waals surface area contributed by atoms with Crippen LogP contribution >= 0.6 is 0 Å². The number of amides is 2. The standard InChI is InChI=1S/C27H28N2O5/c1-32-21-14-12-20(13-15-21)29-25(30)17-16-23(26(29)22-10-6-7-11-24(22)33-2)27(31)28-34-18-19-8-4-3-5-9-19/h3-15,23,26H,16-18H2,1-2H3,(H,28,31)/t23-,26-/m1/s1. The van der Waals surface area contributed by atoms with Crippen LogP contribution in [0.4, 0.5) is 5.69 Å². The van der Waals surface area contributed by atoms with Crippen molar-refractivity contribution in [2.75, 3.05) is 19.1 Å². The van der Waals surface area contributed by atoms with E-state index in [1.54, 1.807) is 31.3 Å². The van der Waals surface area contributed by atoms with Crippen LogP contribution in [-0.2, 0) is 21.0 Å². The van der Waals surface area contributed by atoms with E-state index < -0.39 is 12.0 Å². The van der Waals surface area contributed by atoms with Crippen molar-refractivity contribution in [3.8, 4) is 11.5 Å². The number of hydroxylamine groups is 1. The van der Waals surface area contributed by atoms with Gasteiger partial charge in [0.25, 0.3) is 0 Å². The minimum absolute atomic E-state index is 0.0599. The third-order valence-corrected chi connectivity index (χ3v) is 6.00. The molecular weight excluding hydrogens is 432 g/mol. The van der Waals surface area contributed by atoms with Crippen LogP contribution in [0, 0.1) is 5.92 Å². The van der Waals surface area contributed by atoms with Crippen LogP contribution in [0.3, 0.4) is 0 Å². The van der Waals surface area contributed by atoms with Gasteiger partial charge in [-0.15, -0.1) is 0 Å². The number of ether oxygens (including phenoxy) is 2. The number of nitrogens with zero attached hydrogens (tertiary/aromatic N) is 1. The Morgan fingerprint density at radius 3 is 2.35 bits per heavy atom. The predicted molar refractivity (Wildman–Crippen MR) is 128 cm³/mol. The maximum atomic E-state index is 13.3. The van der Waals surface area contributed by atoms with Gasteiger partial charge in [0.15, 0.2) is 0 Å². The number of hydrogen-bond donors (Lipinski definition) is 1. The lowest BCUT2D eigenvalue weighted by Crippen LogP contribution is -2.48. The molecule has 3 aromatic carbocycles. The molecule has 34 heavy (non-hydrogen) atoms. The maximum absolute atomic E-state index is 13.3. The lowest BCUT2D eigenvalue weighted by molar-refractivity contribution is -0.141. The summed E-state index contributed by atoms with van der Waals surface area (Å²) < 4.78 is 10.9. The molecule has 4 rings (SSSR count). The SMILES string of the molecule is COc1ccc(N2C(=O)CC[C@@H](C(=O)NOCc3ccccc3)[C@H]2c2ccccc2OC)cc1. The van der Waals surface area contributed by atoms with Crippen molar-refractivity contribution in [2.24, 2.45) is 5.92 Å². The average molecular weight is 461 g/mol. The molecule has 176 valence electrons. The first-order chi connectivity index (χ1) is 16.6. The summed E-state index contributed by atoms with van der Waals surface area (Å²) in [6, 6.07) is 23.8. The van der Waals surface area contributed by atoms with E-state index in [-0.39, 0.29) is 24.8 Å². The highest BCUT2D eigenvalue weighted by atomic mass is 16.6. The van der Waals surface area contributed by atoms with E-state index in [9.17, 15) is 9.59 Å². The van der Waals surface area contributed by atoms with Gasteiger partial charge in [0, 0.05) is 17.7 Å². The molecule has 3 aromatic rings. The molecule has 1 saturated heterocycles. The molecule has 2 amide bonds. The molecule has 1 aliphatic rings. The number of piperidine rings is 1. The van der Waals surface area contributed by atoms with Crippen molar-refractivity contribution in [3.05, 3.63) is 90.0 Å². The first-order valence-corrected chi connectivity index (χ1v) is 11.2. The fourth-order valence-electron chi connectivity index (χ4n) is 4.32. The summed E-state index contributed by atoms with van der Waals surface area (Å²) >= 11 is 0. The molecule has 1 N–H and O–H groups in total. The fraction of sp³-hybridized carbons (Fsp3) is 0.259. The molecule has 0 saturated carbocycles. The second-order valence-corrected chi connectivity index (χ2v) is 8.03. The lowest BCUT2D eigenvalue weighted by atomic mass is 9.83. The van der Waals surface area contributed by atoms with Crippen LogP contribution < -0.4 is 19.9 Å². The van der Waals surface area contributed by atoms with E-state index in [4.69, 9.17) is 14.3 Å². The molecule has 7 heteroatoms. The molecule has 0 unspecified atom stereocenters. The number of rotatable bonds is 8. The fourth-order valence-corrected chi connectivity index (χ4v) is 4.32. The zero-order chi connectivity index (χ0) is 23.9. The molecule has 0 spiro atoms. The van der Waals surface area contributed by atoms with Gasteiger partial charge >= 0.3 is 0 Å². The third-order valence-electron chi connectivity index (χ3n) is 6.00. The third kappa shape index (κ3) is 5.05. The first kappa shape index (κ1) is 23.3. The quantitative estimate of drug-likeness (QED) is 0.503. The van der Waals surface area contributed by atoms with Gasteiger partial charge < -0.3 is 14.4 Å². The van der Waals surface area contributed by atoms with Crippen molar-refractivity contribution in [1.82, 2.24) is 5.48 Å². The molecule has 0 bridgehead atoms. The number of benzene rings is 3. The molecule has 1 heterocycles. The van der Waals surface area contributed by atoms with Crippen molar-refractivity contribution >= 4 is 17.5 Å². The average Bonchev–Trinajstić information content (AvgIpc) is 2.89. The molecular formula is C27H28N2O5. The van der Waals surface area contributed by atoms with Gasteiger partial charge in [-0.05, 0) is 42.3 Å². The van der Waals surface area contributed by atoms with Crippen LogP contribution in [0.15, 0.2) is 78.9 Å². The Morgan fingerprint density at radius 1 is 0.941 bits per heavy atom. The highest BCUT2D eigenvalue weighted by molar-refractivity contribution is 5.97. The highest BCUT2D eigenvalue weighted by Gasteiger charge is 2.42. The summed E-state index contributed by atoms with van der Waals surface area (Å²) in [7, 11) is 3.17. The number of nitrogens with one attached hydrogen (secondary N) is 1. The maximum Gasteiger partial charge on any atom is 0.249 e. The number of carbonyl (C=O) groups excluding carboxylic acids is 2. The molecule has 2 atom stereocenters. The Morgan fingerprint density at radius 2 is 1.65 bits per heavy atom. The van der Waals surface area contributed by atoms with E-state index in [1.807, 2.05) is 66.7 Å². The normalized spacial score (nSPS) is 17.8. The minimum atomic E-state index is -0.564. The van der Waals surface area contributed by atoms with Gasteiger partial charge in [-0.25, -0.2) is 5.48 Å². The zero-order valence-corrected chi connectivity index (χ0v) is 19.3. The zero-order valence-electron chi connectivity index (χ0n) is 19.3. The van der Waals surface area contributed by atoms with E-state index in [0.29, 0.717) is 23.6 Å². The van der Waals surface area contributed by atoms with Crippen LogP contribution in [0.5, 0.6) is 11.5 Å². The highest BCUT2D eigenvalue weighted by Crippen LogP contribution is 2.43. The van der Waals surface area contributed by atoms with E-state index in [1.165, 1.54) is 0 Å². The van der Waals surface area contributed by atoms with E-state index in [2.05, 4.69) is 5.48 Å². The summed E-state index contributed by atoms with van der Waals surface area (Å²) in [4.78, 5) is 33.7. The second kappa shape index (κ2) is 10.9. The Kier molecular flexibility index (Phi) is 7.44. The lowest BCUT2D eigenvalue weighted by Gasteiger charge is -2.41. The second-order valence-electron chi connectivity index (χ2n) is 8.03. The Labute approximate surface area is 199 Å². The van der Waals surface area contributed by atoms with Crippen LogP contribution in [-0.4, -0.2) is 26.0 Å². The summed E-state index contributed by atoms with van der Waals surface area (Å²) in [5.41, 5.74) is 5.00. The molecule has 0 radical (unpaired) electrons. The van der Waals surface area contributed by atoms with Crippen molar-refractivity contribution in [1.29, 1.82) is 0 Å². The van der Waals surface area contributed by atoms with E-state index >= 15 is 0 Å². The molecule has 1 fully saturated rings. The van der Waals surface area contributed by atoms with Gasteiger partial charge in [-0.1, -0.05) is 48.5 Å². The molecule has 7 nitrogen and oxygen atoms in total. The van der Waals surface area contributed by atoms with E-state index in [0.717, 1.165) is 11.1 Å². The first-order valence-electron chi connectivity index (χ1n) is 11.2. The van der Waals surface area contributed by atoms with Crippen molar-refractivity contribution in [2.45, 2.75) is 25.5 Å². The number of para-hydroxylation sites is 1. The van der Waals surface area contributed by atoms with Gasteiger partial charge in [0.1, 0.15) is 11.5 Å². The number of anilines is 1. The summed E-state index contributed by atoms with van der Waals surface area (Å²) in [6.45, 7) is 0.250. The minimum Gasteiger partial charge on any atom is -0.497 e. The van der Waals surface area contributed by atoms with Crippen LogP contribution in [0.1, 0.15) is 30.0 Å². The Hall–Kier alpha value is -3.84. The largest absolute Gasteiger partial charge is 0.497 e. The number of hydrogen-bond acceptors (Lipinski definition) is 5. The van der Waals surface area contributed by atoms with Crippen molar-refractivity contribution < 1.29 is 23.9 Å². The number of carbonyl (C=O) groups is 2. The summed E-state index contributed by atoms with van der Waals surface area (Å²) in [5.74, 6) is 0.425. The van der Waals surface area contributed by atoms with Crippen molar-refractivity contribution in [3.63, 3.8) is 0 Å². The summed E-state index contributed by atoms with van der Waals surface area (Å²) in [6.07, 6.45) is 0.642. The molecule has 1 aliphatic heterocycles. The Bertz CT molecular complexity index is 1120. The number of methoxy groups -OCH3 is 2. The predicted octanol–water partition coefficient (Wildman–Crippen LogP) is 4.44. The topological polar surface area (TPSA) is 77.1 Å². The van der Waals surface area contributed by atoms with Gasteiger partial charge in [0.05, 0.1) is 32.8 Å². The van der Waals surface area contributed by atoms with Crippen LogP contribution in [0.2, 0.25) is 0 Å². The molecule has 0 aromatic heterocycles. The van der Waals surface area contributed by atoms with Gasteiger partial charge in [-0.3, -0.25) is 14.4 Å². The Balaban J connectivity index is 1.65.